The fraction of sp³-hybridized carbons (Fsp3) is 0.278. The van der Waals surface area contributed by atoms with Gasteiger partial charge in [-0.3, -0.25) is 9.40 Å². The molecule has 5 nitrogen and oxygen atoms in total. The number of nitrogens with zero attached hydrogens (tertiary/aromatic N) is 2. The Kier molecular flexibility index (Phi) is 4.09. The molecule has 24 heavy (non-hydrogen) atoms. The molecule has 3 aromatic rings. The van der Waals surface area contributed by atoms with Crippen LogP contribution in [0, 0.1) is 13.8 Å². The Morgan fingerprint density at radius 1 is 1.04 bits per heavy atom. The minimum Gasteiger partial charge on any atom is -0.276 e. The van der Waals surface area contributed by atoms with Gasteiger partial charge in [-0.2, -0.15) is 5.10 Å². The lowest BCUT2D eigenvalue weighted by molar-refractivity contribution is 0.516. The molecule has 0 saturated carbocycles. The normalized spacial score (nSPS) is 12.0. The van der Waals surface area contributed by atoms with Crippen molar-refractivity contribution in [3.05, 3.63) is 53.9 Å². The predicted octanol–water partition coefficient (Wildman–Crippen LogP) is 4.03. The Morgan fingerprint density at radius 3 is 2.38 bits per heavy atom. The zero-order valence-electron chi connectivity index (χ0n) is 14.2. The van der Waals surface area contributed by atoms with Gasteiger partial charge < -0.3 is 0 Å². The summed E-state index contributed by atoms with van der Waals surface area (Å²) in [4.78, 5) is 0.275. The number of sulfonamides is 1. The molecule has 0 amide bonds. The first kappa shape index (κ1) is 16.5. The van der Waals surface area contributed by atoms with E-state index >= 15 is 0 Å². The molecule has 0 aliphatic carbocycles. The summed E-state index contributed by atoms with van der Waals surface area (Å²) >= 11 is 0. The van der Waals surface area contributed by atoms with Crippen LogP contribution in [0.3, 0.4) is 0 Å². The van der Waals surface area contributed by atoms with Crippen molar-refractivity contribution in [3.8, 4) is 0 Å². The molecule has 0 radical (unpaired) electrons. The SMILES string of the molecule is Cc1nn(C(C)C)c(C)c1NS(=O)(=O)c1cccc2ccccc12. The van der Waals surface area contributed by atoms with Crippen molar-refractivity contribution in [2.45, 2.75) is 38.6 Å². The Balaban J connectivity index is 2.10. The number of anilines is 1. The van der Waals surface area contributed by atoms with Gasteiger partial charge in [0.25, 0.3) is 10.0 Å². The lowest BCUT2D eigenvalue weighted by atomic mass is 10.1. The van der Waals surface area contributed by atoms with E-state index in [1.165, 1.54) is 0 Å². The van der Waals surface area contributed by atoms with Gasteiger partial charge in [-0.15, -0.1) is 0 Å². The molecule has 0 aliphatic rings. The van der Waals surface area contributed by atoms with Crippen molar-refractivity contribution in [2.75, 3.05) is 4.72 Å². The molecule has 0 aliphatic heterocycles. The molecule has 0 atom stereocenters. The van der Waals surface area contributed by atoms with E-state index in [-0.39, 0.29) is 10.9 Å². The van der Waals surface area contributed by atoms with Gasteiger partial charge in [0.05, 0.1) is 22.0 Å². The number of benzene rings is 2. The van der Waals surface area contributed by atoms with Crippen molar-refractivity contribution in [2.24, 2.45) is 0 Å². The number of aryl methyl sites for hydroxylation is 1. The minimum atomic E-state index is -3.70. The Labute approximate surface area is 142 Å². The van der Waals surface area contributed by atoms with Gasteiger partial charge in [-0.25, -0.2) is 8.42 Å². The van der Waals surface area contributed by atoms with Crippen LogP contribution in [0.25, 0.3) is 10.8 Å². The van der Waals surface area contributed by atoms with E-state index in [0.717, 1.165) is 11.1 Å². The van der Waals surface area contributed by atoms with Crippen LogP contribution >= 0.6 is 0 Å². The second kappa shape index (κ2) is 5.94. The van der Waals surface area contributed by atoms with Crippen LogP contribution in [0.15, 0.2) is 47.4 Å². The molecule has 3 rings (SSSR count). The fourth-order valence-electron chi connectivity index (χ4n) is 2.93. The van der Waals surface area contributed by atoms with E-state index in [1.54, 1.807) is 12.1 Å². The average molecular weight is 343 g/mol. The van der Waals surface area contributed by atoms with Crippen LogP contribution in [-0.4, -0.2) is 18.2 Å². The maximum atomic E-state index is 13.0. The molecular weight excluding hydrogens is 322 g/mol. The summed E-state index contributed by atoms with van der Waals surface area (Å²) in [6.45, 7) is 7.72. The molecule has 0 bridgehead atoms. The number of hydrogen-bond acceptors (Lipinski definition) is 3. The Bertz CT molecular complexity index is 999. The quantitative estimate of drug-likeness (QED) is 0.778. The molecule has 0 spiro atoms. The summed E-state index contributed by atoms with van der Waals surface area (Å²) in [6.07, 6.45) is 0. The van der Waals surface area contributed by atoms with E-state index in [9.17, 15) is 8.42 Å². The number of nitrogens with one attached hydrogen (secondary N) is 1. The number of aromatic nitrogens is 2. The van der Waals surface area contributed by atoms with Crippen molar-refractivity contribution in [1.82, 2.24) is 9.78 Å². The highest BCUT2D eigenvalue weighted by atomic mass is 32.2. The molecule has 0 unspecified atom stereocenters. The lowest BCUT2D eigenvalue weighted by Crippen LogP contribution is -2.15. The molecular formula is C18H21N3O2S. The van der Waals surface area contributed by atoms with E-state index in [0.29, 0.717) is 16.8 Å². The van der Waals surface area contributed by atoms with Gasteiger partial charge in [0, 0.05) is 11.4 Å². The molecule has 0 saturated heterocycles. The summed E-state index contributed by atoms with van der Waals surface area (Å²) in [7, 11) is -3.70. The lowest BCUT2D eigenvalue weighted by Gasteiger charge is -2.12. The molecule has 1 heterocycles. The van der Waals surface area contributed by atoms with Gasteiger partial charge >= 0.3 is 0 Å². The first-order chi connectivity index (χ1) is 11.3. The highest BCUT2D eigenvalue weighted by molar-refractivity contribution is 7.93. The number of fused-ring (bicyclic) bond motifs is 1. The van der Waals surface area contributed by atoms with Gasteiger partial charge in [0.2, 0.25) is 0 Å². The van der Waals surface area contributed by atoms with E-state index in [4.69, 9.17) is 0 Å². The largest absolute Gasteiger partial charge is 0.276 e. The number of hydrogen-bond donors (Lipinski definition) is 1. The van der Waals surface area contributed by atoms with Crippen LogP contribution in [0.2, 0.25) is 0 Å². The first-order valence-corrected chi connectivity index (χ1v) is 9.36. The summed E-state index contributed by atoms with van der Waals surface area (Å²) < 4.78 is 30.5. The molecule has 0 fully saturated rings. The summed E-state index contributed by atoms with van der Waals surface area (Å²) in [5.74, 6) is 0. The second-order valence-electron chi connectivity index (χ2n) is 6.17. The average Bonchev–Trinajstić information content (AvgIpc) is 2.82. The minimum absolute atomic E-state index is 0.166. The Morgan fingerprint density at radius 2 is 1.71 bits per heavy atom. The monoisotopic (exact) mass is 343 g/mol. The summed E-state index contributed by atoms with van der Waals surface area (Å²) in [5, 5.41) is 6.04. The standard InChI is InChI=1S/C18H21N3O2S/c1-12(2)21-14(4)18(13(3)19-21)20-24(22,23)17-11-7-9-15-8-5-6-10-16(15)17/h5-12,20H,1-4H3. The van der Waals surface area contributed by atoms with Crippen LogP contribution < -0.4 is 4.72 Å². The predicted molar refractivity (Wildman–Crippen MR) is 96.8 cm³/mol. The van der Waals surface area contributed by atoms with Gasteiger partial charge in [-0.1, -0.05) is 36.4 Å². The fourth-order valence-corrected chi connectivity index (χ4v) is 4.34. The van der Waals surface area contributed by atoms with Gasteiger partial charge in [-0.05, 0) is 39.1 Å². The Hall–Kier alpha value is -2.34. The smallest absolute Gasteiger partial charge is 0.262 e. The third-order valence-electron chi connectivity index (χ3n) is 4.09. The summed E-state index contributed by atoms with van der Waals surface area (Å²) in [5.41, 5.74) is 2.04. The molecule has 126 valence electrons. The van der Waals surface area contributed by atoms with E-state index in [1.807, 2.05) is 62.7 Å². The second-order valence-corrected chi connectivity index (χ2v) is 7.82. The van der Waals surface area contributed by atoms with Crippen LogP contribution in [0.5, 0.6) is 0 Å². The molecule has 6 heteroatoms. The summed E-state index contributed by atoms with van der Waals surface area (Å²) in [6, 6.07) is 12.9. The molecule has 2 aromatic carbocycles. The van der Waals surface area contributed by atoms with Gasteiger partial charge in [0.1, 0.15) is 0 Å². The highest BCUT2D eigenvalue weighted by Gasteiger charge is 2.22. The third-order valence-corrected chi connectivity index (χ3v) is 5.50. The van der Waals surface area contributed by atoms with Gasteiger partial charge in [0.15, 0.2) is 0 Å². The topological polar surface area (TPSA) is 64.0 Å². The number of rotatable bonds is 4. The zero-order valence-corrected chi connectivity index (χ0v) is 15.1. The van der Waals surface area contributed by atoms with E-state index in [2.05, 4.69) is 9.82 Å². The van der Waals surface area contributed by atoms with Crippen molar-refractivity contribution < 1.29 is 8.42 Å². The molecule has 1 aromatic heterocycles. The van der Waals surface area contributed by atoms with Crippen LogP contribution in [0.4, 0.5) is 5.69 Å². The first-order valence-electron chi connectivity index (χ1n) is 7.87. The maximum Gasteiger partial charge on any atom is 0.262 e. The maximum absolute atomic E-state index is 13.0. The van der Waals surface area contributed by atoms with E-state index < -0.39 is 10.0 Å². The third kappa shape index (κ3) is 2.78. The van der Waals surface area contributed by atoms with Crippen molar-refractivity contribution in [1.29, 1.82) is 0 Å². The molecule has 1 N–H and O–H groups in total. The van der Waals surface area contributed by atoms with Crippen molar-refractivity contribution in [3.63, 3.8) is 0 Å². The van der Waals surface area contributed by atoms with Crippen LogP contribution in [-0.2, 0) is 10.0 Å². The van der Waals surface area contributed by atoms with Crippen LogP contribution in [0.1, 0.15) is 31.3 Å². The van der Waals surface area contributed by atoms with Crippen molar-refractivity contribution >= 4 is 26.5 Å². The highest BCUT2D eigenvalue weighted by Crippen LogP contribution is 2.28. The zero-order chi connectivity index (χ0) is 17.5.